The standard InChI is InChI=1S/C19H23NO2S/c1-2-16-9-11-17(12-10-16)20-19(21)15-23-14-6-13-22-18-7-4-3-5-8-18/h3-5,7-12H,2,6,13-15H2,1H3,(H,20,21). The van der Waals surface area contributed by atoms with Gasteiger partial charge in [-0.15, -0.1) is 0 Å². The van der Waals surface area contributed by atoms with E-state index in [0.717, 1.165) is 30.0 Å². The Morgan fingerprint density at radius 3 is 2.52 bits per heavy atom. The number of anilines is 1. The Kier molecular flexibility index (Phi) is 7.54. The lowest BCUT2D eigenvalue weighted by Gasteiger charge is -2.07. The fourth-order valence-corrected chi connectivity index (χ4v) is 2.78. The molecule has 3 nitrogen and oxygen atoms in total. The number of carbonyl (C=O) groups excluding carboxylic acids is 1. The molecule has 0 aliphatic rings. The monoisotopic (exact) mass is 329 g/mol. The van der Waals surface area contributed by atoms with Crippen LogP contribution in [0.5, 0.6) is 5.75 Å². The quantitative estimate of drug-likeness (QED) is 0.693. The molecule has 0 saturated carbocycles. The maximum Gasteiger partial charge on any atom is 0.234 e. The number of hydrogen-bond donors (Lipinski definition) is 1. The van der Waals surface area contributed by atoms with Gasteiger partial charge in [-0.3, -0.25) is 4.79 Å². The summed E-state index contributed by atoms with van der Waals surface area (Å²) >= 11 is 1.63. The van der Waals surface area contributed by atoms with Gasteiger partial charge in [0.1, 0.15) is 5.75 Å². The van der Waals surface area contributed by atoms with Crippen LogP contribution in [0.4, 0.5) is 5.69 Å². The summed E-state index contributed by atoms with van der Waals surface area (Å²) in [4.78, 5) is 11.9. The van der Waals surface area contributed by atoms with Gasteiger partial charge in [0.25, 0.3) is 0 Å². The maximum absolute atomic E-state index is 11.9. The third-order valence-corrected chi connectivity index (χ3v) is 4.37. The van der Waals surface area contributed by atoms with Gasteiger partial charge in [0.05, 0.1) is 12.4 Å². The van der Waals surface area contributed by atoms with E-state index in [0.29, 0.717) is 12.4 Å². The van der Waals surface area contributed by atoms with E-state index in [1.165, 1.54) is 5.56 Å². The van der Waals surface area contributed by atoms with Gasteiger partial charge in [0, 0.05) is 5.69 Å². The number of hydrogen-bond acceptors (Lipinski definition) is 3. The lowest BCUT2D eigenvalue weighted by Crippen LogP contribution is -2.14. The predicted molar refractivity (Wildman–Crippen MR) is 98.3 cm³/mol. The van der Waals surface area contributed by atoms with Crippen LogP contribution < -0.4 is 10.1 Å². The van der Waals surface area contributed by atoms with Gasteiger partial charge in [-0.2, -0.15) is 11.8 Å². The highest BCUT2D eigenvalue weighted by Gasteiger charge is 2.02. The lowest BCUT2D eigenvalue weighted by atomic mass is 10.1. The smallest absolute Gasteiger partial charge is 0.234 e. The number of para-hydroxylation sites is 1. The molecule has 0 aliphatic carbocycles. The minimum atomic E-state index is 0.0447. The summed E-state index contributed by atoms with van der Waals surface area (Å²) in [6, 6.07) is 17.8. The van der Waals surface area contributed by atoms with Crippen LogP contribution in [0.3, 0.4) is 0 Å². The molecule has 0 saturated heterocycles. The van der Waals surface area contributed by atoms with Crippen molar-refractivity contribution in [2.75, 3.05) is 23.4 Å². The number of ether oxygens (including phenoxy) is 1. The van der Waals surface area contributed by atoms with E-state index in [2.05, 4.69) is 12.2 Å². The molecule has 0 bridgehead atoms. The highest BCUT2D eigenvalue weighted by atomic mass is 32.2. The Morgan fingerprint density at radius 2 is 1.83 bits per heavy atom. The summed E-state index contributed by atoms with van der Waals surface area (Å²) in [6.45, 7) is 2.79. The molecule has 0 fully saturated rings. The van der Waals surface area contributed by atoms with Gasteiger partial charge in [-0.1, -0.05) is 37.3 Å². The normalized spacial score (nSPS) is 10.3. The number of rotatable bonds is 9. The first kappa shape index (κ1) is 17.4. The summed E-state index contributed by atoms with van der Waals surface area (Å²) in [5, 5.41) is 2.92. The van der Waals surface area contributed by atoms with Crippen molar-refractivity contribution in [3.8, 4) is 5.75 Å². The minimum Gasteiger partial charge on any atom is -0.494 e. The number of aryl methyl sites for hydroxylation is 1. The molecule has 1 amide bonds. The first-order valence-electron chi connectivity index (χ1n) is 7.92. The summed E-state index contributed by atoms with van der Waals surface area (Å²) in [5.41, 5.74) is 2.14. The van der Waals surface area contributed by atoms with Crippen molar-refractivity contribution in [1.29, 1.82) is 0 Å². The molecule has 0 aromatic heterocycles. The summed E-state index contributed by atoms with van der Waals surface area (Å²) < 4.78 is 5.62. The molecule has 0 unspecified atom stereocenters. The zero-order valence-corrected chi connectivity index (χ0v) is 14.3. The summed E-state index contributed by atoms with van der Waals surface area (Å²) in [5.74, 6) is 2.32. The van der Waals surface area contributed by atoms with Gasteiger partial charge >= 0.3 is 0 Å². The van der Waals surface area contributed by atoms with Gasteiger partial charge in [0.2, 0.25) is 5.91 Å². The number of carbonyl (C=O) groups is 1. The number of nitrogens with one attached hydrogen (secondary N) is 1. The molecule has 0 heterocycles. The number of thioether (sulfide) groups is 1. The van der Waals surface area contributed by atoms with E-state index in [9.17, 15) is 4.79 Å². The molecule has 1 N–H and O–H groups in total. The van der Waals surface area contributed by atoms with E-state index in [1.807, 2.05) is 54.6 Å². The van der Waals surface area contributed by atoms with Crippen molar-refractivity contribution >= 4 is 23.4 Å². The minimum absolute atomic E-state index is 0.0447. The fraction of sp³-hybridized carbons (Fsp3) is 0.316. The Hall–Kier alpha value is -1.94. The first-order chi connectivity index (χ1) is 11.3. The zero-order chi connectivity index (χ0) is 16.3. The highest BCUT2D eigenvalue weighted by molar-refractivity contribution is 7.99. The molecule has 2 aromatic rings. The Bertz CT molecular complexity index is 584. The van der Waals surface area contributed by atoms with E-state index in [-0.39, 0.29) is 5.91 Å². The van der Waals surface area contributed by atoms with E-state index < -0.39 is 0 Å². The average molecular weight is 329 g/mol. The number of benzene rings is 2. The first-order valence-corrected chi connectivity index (χ1v) is 9.08. The zero-order valence-electron chi connectivity index (χ0n) is 13.5. The van der Waals surface area contributed by atoms with Crippen LogP contribution in [0.1, 0.15) is 18.9 Å². The number of amides is 1. The molecule has 4 heteroatoms. The summed E-state index contributed by atoms with van der Waals surface area (Å²) in [7, 11) is 0. The molecule has 0 radical (unpaired) electrons. The van der Waals surface area contributed by atoms with Crippen molar-refractivity contribution in [2.45, 2.75) is 19.8 Å². The molecular formula is C19H23NO2S. The molecule has 0 atom stereocenters. The molecular weight excluding hydrogens is 306 g/mol. The largest absolute Gasteiger partial charge is 0.494 e. The second kappa shape index (κ2) is 9.95. The van der Waals surface area contributed by atoms with Crippen LogP contribution in [0.25, 0.3) is 0 Å². The van der Waals surface area contributed by atoms with E-state index in [1.54, 1.807) is 11.8 Å². The van der Waals surface area contributed by atoms with E-state index >= 15 is 0 Å². The molecule has 122 valence electrons. The highest BCUT2D eigenvalue weighted by Crippen LogP contribution is 2.12. The molecule has 23 heavy (non-hydrogen) atoms. The van der Waals surface area contributed by atoms with Gasteiger partial charge < -0.3 is 10.1 Å². The van der Waals surface area contributed by atoms with Crippen LogP contribution in [0, 0.1) is 0 Å². The van der Waals surface area contributed by atoms with Crippen LogP contribution in [-0.2, 0) is 11.2 Å². The lowest BCUT2D eigenvalue weighted by molar-refractivity contribution is -0.113. The van der Waals surface area contributed by atoms with Crippen molar-refractivity contribution < 1.29 is 9.53 Å². The van der Waals surface area contributed by atoms with Gasteiger partial charge in [-0.25, -0.2) is 0 Å². The van der Waals surface area contributed by atoms with Crippen molar-refractivity contribution in [3.05, 3.63) is 60.2 Å². The fourth-order valence-electron chi connectivity index (χ4n) is 2.05. The third-order valence-electron chi connectivity index (χ3n) is 3.32. The van der Waals surface area contributed by atoms with Crippen molar-refractivity contribution in [2.24, 2.45) is 0 Å². The van der Waals surface area contributed by atoms with Gasteiger partial charge in [0.15, 0.2) is 0 Å². The third kappa shape index (κ3) is 6.78. The molecule has 0 aliphatic heterocycles. The van der Waals surface area contributed by atoms with Crippen LogP contribution in [0.15, 0.2) is 54.6 Å². The summed E-state index contributed by atoms with van der Waals surface area (Å²) in [6.07, 6.45) is 1.94. The molecule has 0 spiro atoms. The molecule has 2 aromatic carbocycles. The SMILES string of the molecule is CCc1ccc(NC(=O)CSCCCOc2ccccc2)cc1. The molecule has 2 rings (SSSR count). The van der Waals surface area contributed by atoms with Crippen molar-refractivity contribution in [1.82, 2.24) is 0 Å². The average Bonchev–Trinajstić information content (AvgIpc) is 2.59. The Morgan fingerprint density at radius 1 is 1.09 bits per heavy atom. The maximum atomic E-state index is 11.9. The second-order valence-electron chi connectivity index (χ2n) is 5.17. The Labute approximate surface area is 142 Å². The predicted octanol–water partition coefficient (Wildman–Crippen LogP) is 4.39. The topological polar surface area (TPSA) is 38.3 Å². The van der Waals surface area contributed by atoms with Crippen LogP contribution in [0.2, 0.25) is 0 Å². The second-order valence-corrected chi connectivity index (χ2v) is 6.27. The van der Waals surface area contributed by atoms with Crippen LogP contribution >= 0.6 is 11.8 Å². The van der Waals surface area contributed by atoms with Crippen molar-refractivity contribution in [3.63, 3.8) is 0 Å². The Balaban J connectivity index is 1.56. The van der Waals surface area contributed by atoms with Gasteiger partial charge in [-0.05, 0) is 48.4 Å². The van der Waals surface area contributed by atoms with E-state index in [4.69, 9.17) is 4.74 Å². The van der Waals surface area contributed by atoms with Crippen LogP contribution in [-0.4, -0.2) is 24.0 Å².